The number of hydrogen-bond acceptors (Lipinski definition) is 9. The summed E-state index contributed by atoms with van der Waals surface area (Å²) < 4.78 is 0. The topological polar surface area (TPSA) is 234 Å². The van der Waals surface area contributed by atoms with Crippen LogP contribution in [0.1, 0.15) is 20.3 Å². The first-order valence-corrected chi connectivity index (χ1v) is 9.09. The van der Waals surface area contributed by atoms with E-state index in [2.05, 4.69) is 28.6 Å². The number of nitrogens with one attached hydrogen (secondary N) is 3. The van der Waals surface area contributed by atoms with E-state index in [1.807, 2.05) is 0 Å². The average molecular weight is 437 g/mol. The van der Waals surface area contributed by atoms with E-state index < -0.39 is 72.4 Å². The summed E-state index contributed by atoms with van der Waals surface area (Å²) in [4.78, 5) is 58.9. The molecule has 0 aliphatic carbocycles. The van der Waals surface area contributed by atoms with Gasteiger partial charge in [-0.1, -0.05) is 0 Å². The zero-order chi connectivity index (χ0) is 22.9. The van der Waals surface area contributed by atoms with Gasteiger partial charge in [-0.2, -0.15) is 12.6 Å². The van der Waals surface area contributed by atoms with Crippen LogP contribution < -0.4 is 27.4 Å². The van der Waals surface area contributed by atoms with Crippen LogP contribution in [-0.4, -0.2) is 87.0 Å². The molecule has 10 N–H and O–H groups in total. The molecular weight excluding hydrogens is 410 g/mol. The third kappa shape index (κ3) is 9.08. The van der Waals surface area contributed by atoms with Crippen molar-refractivity contribution in [2.75, 3.05) is 5.75 Å². The van der Waals surface area contributed by atoms with Gasteiger partial charge in [0.05, 0.1) is 18.6 Å². The fraction of sp³-hybridized carbons (Fsp3) is 0.667. The van der Waals surface area contributed by atoms with Crippen molar-refractivity contribution in [1.82, 2.24) is 16.0 Å². The Bertz CT molecular complexity index is 630. The largest absolute Gasteiger partial charge is 0.480 e. The zero-order valence-electron chi connectivity index (χ0n) is 15.9. The Morgan fingerprint density at radius 3 is 1.79 bits per heavy atom. The van der Waals surface area contributed by atoms with E-state index in [9.17, 15) is 34.2 Å². The number of carbonyl (C=O) groups is 5. The van der Waals surface area contributed by atoms with Gasteiger partial charge in [0, 0.05) is 5.75 Å². The lowest BCUT2D eigenvalue weighted by Crippen LogP contribution is -2.61. The van der Waals surface area contributed by atoms with Crippen molar-refractivity contribution in [2.45, 2.75) is 56.6 Å². The molecule has 4 amide bonds. The number of primary amides is 1. The number of carbonyl (C=O) groups excluding carboxylic acids is 4. The van der Waals surface area contributed by atoms with Crippen LogP contribution in [0.15, 0.2) is 0 Å². The van der Waals surface area contributed by atoms with Gasteiger partial charge in [-0.05, 0) is 13.8 Å². The van der Waals surface area contributed by atoms with Gasteiger partial charge in [-0.15, -0.1) is 0 Å². The first-order chi connectivity index (χ1) is 13.3. The van der Waals surface area contributed by atoms with E-state index in [1.54, 1.807) is 0 Å². The molecule has 0 aliphatic heterocycles. The van der Waals surface area contributed by atoms with Crippen LogP contribution >= 0.6 is 12.6 Å². The highest BCUT2D eigenvalue weighted by molar-refractivity contribution is 7.80. The van der Waals surface area contributed by atoms with Gasteiger partial charge >= 0.3 is 5.97 Å². The second-order valence-corrected chi connectivity index (χ2v) is 6.67. The molecule has 0 aromatic rings. The van der Waals surface area contributed by atoms with E-state index in [0.717, 1.165) is 6.92 Å². The Morgan fingerprint density at radius 2 is 1.41 bits per heavy atom. The van der Waals surface area contributed by atoms with Gasteiger partial charge in [0.15, 0.2) is 0 Å². The maximum Gasteiger partial charge on any atom is 0.327 e. The van der Waals surface area contributed by atoms with E-state index in [1.165, 1.54) is 6.92 Å². The summed E-state index contributed by atoms with van der Waals surface area (Å²) in [5.74, 6) is -5.64. The van der Waals surface area contributed by atoms with Gasteiger partial charge in [0.2, 0.25) is 23.6 Å². The first-order valence-electron chi connectivity index (χ1n) is 8.46. The molecule has 14 heteroatoms. The summed E-state index contributed by atoms with van der Waals surface area (Å²) in [6.07, 6.45) is -3.37. The van der Waals surface area contributed by atoms with Crippen molar-refractivity contribution in [2.24, 2.45) is 11.5 Å². The Hall–Kier alpha value is -2.42. The molecule has 0 radical (unpaired) electrons. The monoisotopic (exact) mass is 437 g/mol. The smallest absolute Gasteiger partial charge is 0.327 e. The molecular formula is C15H27N5O8S. The molecule has 0 saturated carbocycles. The molecule has 0 aliphatic rings. The molecule has 13 nitrogen and oxygen atoms in total. The molecule has 0 fully saturated rings. The summed E-state index contributed by atoms with van der Waals surface area (Å²) in [7, 11) is 0. The average Bonchev–Trinajstić information content (AvgIpc) is 2.61. The third-order valence-corrected chi connectivity index (χ3v) is 4.09. The Labute approximate surface area is 172 Å². The van der Waals surface area contributed by atoms with Gasteiger partial charge in [0.25, 0.3) is 0 Å². The molecule has 166 valence electrons. The van der Waals surface area contributed by atoms with Crippen LogP contribution in [0.25, 0.3) is 0 Å². The fourth-order valence-electron chi connectivity index (χ4n) is 2.00. The van der Waals surface area contributed by atoms with E-state index >= 15 is 0 Å². The van der Waals surface area contributed by atoms with Crippen LogP contribution in [0.3, 0.4) is 0 Å². The van der Waals surface area contributed by atoms with Crippen LogP contribution in [0.5, 0.6) is 0 Å². The molecule has 0 heterocycles. The van der Waals surface area contributed by atoms with Crippen LogP contribution in [0, 0.1) is 0 Å². The number of nitrogens with two attached hydrogens (primary N) is 2. The van der Waals surface area contributed by atoms with Gasteiger partial charge < -0.3 is 42.7 Å². The SMILES string of the molecule is CC(O)C(N)C(=O)NC(CC(N)=O)C(=O)NC(C(=O)NC(CS)C(=O)O)C(C)O. The number of carboxylic acids is 1. The maximum atomic E-state index is 12.5. The van der Waals surface area contributed by atoms with Crippen molar-refractivity contribution in [3.63, 3.8) is 0 Å². The van der Waals surface area contributed by atoms with E-state index in [4.69, 9.17) is 16.6 Å². The van der Waals surface area contributed by atoms with Crippen molar-refractivity contribution >= 4 is 42.2 Å². The molecule has 29 heavy (non-hydrogen) atoms. The van der Waals surface area contributed by atoms with Crippen LogP contribution in [0.4, 0.5) is 0 Å². The van der Waals surface area contributed by atoms with Crippen molar-refractivity contribution in [3.05, 3.63) is 0 Å². The Kier molecular flexibility index (Phi) is 11.2. The molecule has 0 saturated heterocycles. The number of thiol groups is 1. The van der Waals surface area contributed by atoms with Crippen molar-refractivity contribution in [3.8, 4) is 0 Å². The minimum absolute atomic E-state index is 0.251. The van der Waals surface area contributed by atoms with Crippen LogP contribution in [0.2, 0.25) is 0 Å². The molecule has 0 aromatic heterocycles. The standard InChI is InChI=1S/C15H27N5O8S/c1-5(21)10(17)13(25)18-7(3-9(16)23)12(24)20-11(6(2)22)14(26)19-8(4-29)15(27)28/h5-8,10-11,21-22,29H,3-4,17H2,1-2H3,(H2,16,23)(H,18,25)(H,19,26)(H,20,24)(H,27,28). The lowest BCUT2D eigenvalue weighted by atomic mass is 10.1. The molecule has 0 bridgehead atoms. The second kappa shape index (κ2) is 12.2. The number of aliphatic hydroxyl groups excluding tert-OH is 2. The van der Waals surface area contributed by atoms with Gasteiger partial charge in [-0.3, -0.25) is 19.2 Å². The normalized spacial score (nSPS) is 17.0. The van der Waals surface area contributed by atoms with Crippen molar-refractivity contribution < 1.29 is 39.3 Å². The number of aliphatic carboxylic acids is 1. The van der Waals surface area contributed by atoms with Gasteiger partial charge in [-0.25, -0.2) is 4.79 Å². The predicted molar refractivity (Wildman–Crippen MR) is 102 cm³/mol. The first kappa shape index (κ1) is 26.6. The number of carboxylic acid groups (broad SMARTS) is 1. The zero-order valence-corrected chi connectivity index (χ0v) is 16.8. The number of amides is 4. The lowest BCUT2D eigenvalue weighted by Gasteiger charge is -2.26. The number of aliphatic hydroxyl groups is 2. The molecule has 6 unspecified atom stereocenters. The summed E-state index contributed by atoms with van der Waals surface area (Å²) in [6.45, 7) is 2.40. The summed E-state index contributed by atoms with van der Waals surface area (Å²) in [6, 6.07) is -5.95. The fourth-order valence-corrected chi connectivity index (χ4v) is 2.25. The highest BCUT2D eigenvalue weighted by atomic mass is 32.1. The van der Waals surface area contributed by atoms with E-state index in [-0.39, 0.29) is 5.75 Å². The molecule has 0 spiro atoms. The summed E-state index contributed by atoms with van der Waals surface area (Å²) in [5.41, 5.74) is 10.5. The van der Waals surface area contributed by atoms with Crippen LogP contribution in [-0.2, 0) is 24.0 Å². The summed E-state index contributed by atoms with van der Waals surface area (Å²) >= 11 is 3.79. The van der Waals surface area contributed by atoms with Crippen molar-refractivity contribution in [1.29, 1.82) is 0 Å². The molecule has 0 rings (SSSR count). The van der Waals surface area contributed by atoms with E-state index in [0.29, 0.717) is 0 Å². The highest BCUT2D eigenvalue weighted by Crippen LogP contribution is 2.01. The minimum Gasteiger partial charge on any atom is -0.480 e. The highest BCUT2D eigenvalue weighted by Gasteiger charge is 2.33. The number of rotatable bonds is 12. The second-order valence-electron chi connectivity index (χ2n) is 6.31. The lowest BCUT2D eigenvalue weighted by molar-refractivity contribution is -0.142. The Morgan fingerprint density at radius 1 is 0.897 bits per heavy atom. The Balaban J connectivity index is 5.38. The minimum atomic E-state index is -1.61. The number of hydrogen-bond donors (Lipinski definition) is 9. The molecule has 6 atom stereocenters. The maximum absolute atomic E-state index is 12.5. The predicted octanol–water partition coefficient (Wildman–Crippen LogP) is -4.58. The third-order valence-electron chi connectivity index (χ3n) is 3.72. The summed E-state index contributed by atoms with van der Waals surface area (Å²) in [5, 5.41) is 34.4. The quantitative estimate of drug-likeness (QED) is 0.133. The van der Waals surface area contributed by atoms with Gasteiger partial charge in [0.1, 0.15) is 24.2 Å². The molecule has 0 aromatic carbocycles.